The van der Waals surface area contributed by atoms with Gasteiger partial charge in [-0.05, 0) is 80.3 Å². The summed E-state index contributed by atoms with van der Waals surface area (Å²) in [6.07, 6.45) is 9.81. The molecular weight excluding hydrogens is 420 g/mol. The maximum atomic E-state index is 6.39. The van der Waals surface area contributed by atoms with Crippen LogP contribution in [0.25, 0.3) is 11.4 Å². The van der Waals surface area contributed by atoms with Gasteiger partial charge in [0.05, 0.1) is 24.2 Å². The van der Waals surface area contributed by atoms with Crippen LogP contribution in [0.2, 0.25) is 0 Å². The first-order valence-electron chi connectivity index (χ1n) is 11.5. The molecule has 5 heteroatoms. The highest BCUT2D eigenvalue weighted by Crippen LogP contribution is 2.26. The van der Waals surface area contributed by atoms with E-state index in [2.05, 4.69) is 42.0 Å². The lowest BCUT2D eigenvalue weighted by molar-refractivity contribution is 0.411. The number of nitrogens with zero attached hydrogens (tertiary/aromatic N) is 1. The summed E-state index contributed by atoms with van der Waals surface area (Å²) in [6.45, 7) is 13.1. The second kappa shape index (κ2) is 11.8. The number of rotatable bonds is 9. The van der Waals surface area contributed by atoms with Crippen LogP contribution in [0, 0.1) is 6.92 Å². The number of hydrogen-bond acceptors (Lipinski definition) is 5. The summed E-state index contributed by atoms with van der Waals surface area (Å²) in [5, 5.41) is 6.51. The molecule has 0 radical (unpaired) electrons. The Morgan fingerprint density at radius 3 is 2.62 bits per heavy atom. The van der Waals surface area contributed by atoms with Crippen molar-refractivity contribution in [2.24, 2.45) is 10.7 Å². The molecule has 0 bridgehead atoms. The molecule has 0 saturated heterocycles. The first-order chi connectivity index (χ1) is 16.4. The van der Waals surface area contributed by atoms with Gasteiger partial charge >= 0.3 is 0 Å². The number of methoxy groups -OCH3 is 1. The number of nitrogens with two attached hydrogens (primary N) is 1. The molecule has 0 amide bonds. The molecule has 4 N–H and O–H groups in total. The summed E-state index contributed by atoms with van der Waals surface area (Å²) in [5.41, 5.74) is 14.3. The average Bonchev–Trinajstić information content (AvgIpc) is 2.81. The zero-order valence-corrected chi connectivity index (χ0v) is 20.3. The number of nitrogens with one attached hydrogen (secondary N) is 2. The third-order valence-electron chi connectivity index (χ3n) is 5.50. The largest absolute Gasteiger partial charge is 0.496 e. The molecule has 34 heavy (non-hydrogen) atoms. The molecule has 0 unspecified atom stereocenters. The van der Waals surface area contributed by atoms with E-state index in [1.54, 1.807) is 7.11 Å². The van der Waals surface area contributed by atoms with Crippen molar-refractivity contribution in [1.82, 2.24) is 5.32 Å². The smallest absolute Gasteiger partial charge is 0.121 e. The molecule has 0 aromatic heterocycles. The molecule has 0 fully saturated rings. The minimum Gasteiger partial charge on any atom is -0.496 e. The molecule has 2 aromatic carbocycles. The number of benzene rings is 2. The van der Waals surface area contributed by atoms with Crippen molar-refractivity contribution in [2.75, 3.05) is 19.0 Å². The van der Waals surface area contributed by atoms with Crippen LogP contribution in [0.3, 0.4) is 0 Å². The Balaban J connectivity index is 1.77. The lowest BCUT2D eigenvalue weighted by Crippen LogP contribution is -2.12. The number of hydrogen-bond donors (Lipinski definition) is 3. The third-order valence-corrected chi connectivity index (χ3v) is 5.50. The Labute approximate surface area is 203 Å². The quantitative estimate of drug-likeness (QED) is 0.395. The zero-order chi connectivity index (χ0) is 24.5. The summed E-state index contributed by atoms with van der Waals surface area (Å²) in [7, 11) is 1.68. The van der Waals surface area contributed by atoms with Gasteiger partial charge in [-0.15, -0.1) is 0 Å². The zero-order valence-electron chi connectivity index (χ0n) is 20.3. The molecule has 1 aliphatic rings. The number of allylic oxidation sites excluding steroid dienone is 4. The lowest BCUT2D eigenvalue weighted by Gasteiger charge is -2.13. The van der Waals surface area contributed by atoms with Crippen LogP contribution in [0.1, 0.15) is 36.5 Å². The van der Waals surface area contributed by atoms with Crippen LogP contribution >= 0.6 is 0 Å². The van der Waals surface area contributed by atoms with Gasteiger partial charge in [0, 0.05) is 29.2 Å². The van der Waals surface area contributed by atoms with E-state index in [4.69, 9.17) is 15.5 Å². The SMILES string of the molecule is C=C(Nc1ccc(C(=C)NCC)cc1)C(N)=CC1=N/C(c2ccc(OC)c(C)c2)=C\C=C/CC1. The van der Waals surface area contributed by atoms with Crippen LogP contribution in [0.15, 0.2) is 96.3 Å². The monoisotopic (exact) mass is 454 g/mol. The number of anilines is 1. The molecule has 0 saturated carbocycles. The average molecular weight is 455 g/mol. The van der Waals surface area contributed by atoms with Crippen molar-refractivity contribution in [1.29, 1.82) is 0 Å². The highest BCUT2D eigenvalue weighted by Gasteiger charge is 2.09. The van der Waals surface area contributed by atoms with Gasteiger partial charge in [0.2, 0.25) is 0 Å². The molecule has 1 heterocycles. The van der Waals surface area contributed by atoms with Crippen LogP contribution in [-0.4, -0.2) is 19.4 Å². The van der Waals surface area contributed by atoms with Gasteiger partial charge in [-0.25, -0.2) is 0 Å². The van der Waals surface area contributed by atoms with E-state index in [1.165, 1.54) is 0 Å². The lowest BCUT2D eigenvalue weighted by atomic mass is 10.1. The third kappa shape index (κ3) is 6.51. The Morgan fingerprint density at radius 2 is 1.94 bits per heavy atom. The Hall–Kier alpha value is -3.99. The number of aliphatic imine (C=N–C) groups is 1. The standard InChI is InChI=1S/C29H34N4O/c1-6-31-21(3)23-12-15-25(16-13-23)32-22(4)27(30)19-26-10-8-7-9-11-28(33-26)24-14-17-29(34-5)20(2)18-24/h7,9,11-19,31-32H,3-4,6,8,10,30H2,1-2,5H3/b9-7-,27-19?,28-11-,33-26?. The molecule has 0 aliphatic carbocycles. The first kappa shape index (κ1) is 24.6. The molecule has 3 rings (SSSR count). The van der Waals surface area contributed by atoms with Crippen molar-refractivity contribution in [3.05, 3.63) is 108 Å². The summed E-state index contributed by atoms with van der Waals surface area (Å²) < 4.78 is 5.39. The van der Waals surface area contributed by atoms with Crippen molar-refractivity contribution in [3.63, 3.8) is 0 Å². The number of ether oxygens (including phenoxy) is 1. The summed E-state index contributed by atoms with van der Waals surface area (Å²) >= 11 is 0. The van der Waals surface area contributed by atoms with Crippen LogP contribution < -0.4 is 21.1 Å². The van der Waals surface area contributed by atoms with Gasteiger partial charge in [0.15, 0.2) is 0 Å². The highest BCUT2D eigenvalue weighted by atomic mass is 16.5. The van der Waals surface area contributed by atoms with Crippen LogP contribution in [-0.2, 0) is 0 Å². The predicted octanol–water partition coefficient (Wildman–Crippen LogP) is 6.18. The van der Waals surface area contributed by atoms with Gasteiger partial charge in [-0.3, -0.25) is 4.99 Å². The van der Waals surface area contributed by atoms with Gasteiger partial charge in [0.25, 0.3) is 0 Å². The molecule has 0 atom stereocenters. The Bertz CT molecular complexity index is 1170. The molecule has 2 aromatic rings. The molecule has 176 valence electrons. The highest BCUT2D eigenvalue weighted by molar-refractivity contribution is 6.00. The van der Waals surface area contributed by atoms with Crippen molar-refractivity contribution >= 4 is 22.8 Å². The van der Waals surface area contributed by atoms with Gasteiger partial charge in [-0.2, -0.15) is 0 Å². The fourth-order valence-corrected chi connectivity index (χ4v) is 3.62. The van der Waals surface area contributed by atoms with Crippen molar-refractivity contribution in [3.8, 4) is 5.75 Å². The molecule has 5 nitrogen and oxygen atoms in total. The minimum absolute atomic E-state index is 0.551. The maximum absolute atomic E-state index is 6.39. The van der Waals surface area contributed by atoms with E-state index in [0.29, 0.717) is 11.4 Å². The summed E-state index contributed by atoms with van der Waals surface area (Å²) in [4.78, 5) is 4.92. The van der Waals surface area contributed by atoms with E-state index in [0.717, 1.165) is 64.6 Å². The van der Waals surface area contributed by atoms with E-state index < -0.39 is 0 Å². The fourth-order valence-electron chi connectivity index (χ4n) is 3.62. The minimum atomic E-state index is 0.551. The second-order valence-corrected chi connectivity index (χ2v) is 8.10. The van der Waals surface area contributed by atoms with Crippen LogP contribution in [0.5, 0.6) is 5.75 Å². The topological polar surface area (TPSA) is 71.7 Å². The molecule has 1 aliphatic heterocycles. The Morgan fingerprint density at radius 1 is 1.18 bits per heavy atom. The van der Waals surface area contributed by atoms with E-state index in [-0.39, 0.29) is 0 Å². The normalized spacial score (nSPS) is 16.3. The van der Waals surface area contributed by atoms with Gasteiger partial charge < -0.3 is 21.1 Å². The van der Waals surface area contributed by atoms with E-state index >= 15 is 0 Å². The van der Waals surface area contributed by atoms with Crippen molar-refractivity contribution in [2.45, 2.75) is 26.7 Å². The fraction of sp³-hybridized carbons (Fsp3) is 0.207. The maximum Gasteiger partial charge on any atom is 0.121 e. The van der Waals surface area contributed by atoms with E-state index in [1.807, 2.05) is 62.4 Å². The summed E-state index contributed by atoms with van der Waals surface area (Å²) in [5.74, 6) is 0.862. The molecular formula is C29H34N4O. The van der Waals surface area contributed by atoms with Gasteiger partial charge in [-0.1, -0.05) is 37.4 Å². The number of aryl methyl sites for hydroxylation is 1. The second-order valence-electron chi connectivity index (χ2n) is 8.10. The summed E-state index contributed by atoms with van der Waals surface area (Å²) in [6, 6.07) is 14.1. The van der Waals surface area contributed by atoms with Crippen LogP contribution in [0.4, 0.5) is 5.69 Å². The van der Waals surface area contributed by atoms with Gasteiger partial charge in [0.1, 0.15) is 5.75 Å². The molecule has 0 spiro atoms. The van der Waals surface area contributed by atoms with Crippen molar-refractivity contribution < 1.29 is 4.74 Å². The predicted molar refractivity (Wildman–Crippen MR) is 146 cm³/mol. The Kier molecular flexibility index (Phi) is 8.52. The van der Waals surface area contributed by atoms with E-state index in [9.17, 15) is 0 Å². The first-order valence-corrected chi connectivity index (χ1v) is 11.5.